The van der Waals surface area contributed by atoms with Gasteiger partial charge < -0.3 is 14.0 Å². The lowest BCUT2D eigenvalue weighted by Crippen LogP contribution is -2.49. The molecule has 3 atom stereocenters. The zero-order valence-corrected chi connectivity index (χ0v) is 8.16. The molecule has 0 aromatic carbocycles. The highest BCUT2D eigenvalue weighted by Gasteiger charge is 2.25. The maximum Gasteiger partial charge on any atom is 0.110 e. The molecule has 0 amide bonds. The van der Waals surface area contributed by atoms with Gasteiger partial charge in [0.2, 0.25) is 0 Å². The summed E-state index contributed by atoms with van der Waals surface area (Å²) in [5, 5.41) is 0. The van der Waals surface area contributed by atoms with Gasteiger partial charge in [0.15, 0.2) is 0 Å². The Morgan fingerprint density at radius 2 is 2.46 bits per heavy atom. The predicted molar refractivity (Wildman–Crippen MR) is 46.8 cm³/mol. The van der Waals surface area contributed by atoms with Gasteiger partial charge in [-0.2, -0.15) is 0 Å². The van der Waals surface area contributed by atoms with Crippen LogP contribution in [0.15, 0.2) is 0 Å². The predicted octanol–water partition coefficient (Wildman–Crippen LogP) is -1.38. The van der Waals surface area contributed by atoms with Gasteiger partial charge in [0.1, 0.15) is 7.85 Å². The van der Waals surface area contributed by atoms with Crippen LogP contribution >= 0.6 is 0 Å². The van der Waals surface area contributed by atoms with Gasteiger partial charge in [-0.15, -0.1) is 0 Å². The first kappa shape index (κ1) is 11.1. The van der Waals surface area contributed by atoms with Crippen molar-refractivity contribution >= 4 is 19.1 Å². The number of methoxy groups -OCH3 is 1. The van der Waals surface area contributed by atoms with E-state index in [-0.39, 0.29) is 12.6 Å². The molecule has 2 radical (unpaired) electrons. The van der Waals surface area contributed by atoms with E-state index in [4.69, 9.17) is 17.3 Å². The fourth-order valence-electron chi connectivity index (χ4n) is 1.24. The lowest BCUT2D eigenvalue weighted by Gasteiger charge is -2.37. The second-order valence-electron chi connectivity index (χ2n) is 2.82. The Morgan fingerprint density at radius 1 is 1.77 bits per heavy atom. The fourth-order valence-corrected chi connectivity index (χ4v) is 1.79. The van der Waals surface area contributed by atoms with Crippen LogP contribution in [0.25, 0.3) is 0 Å². The van der Waals surface area contributed by atoms with E-state index in [9.17, 15) is 8.76 Å². The molecule has 0 saturated carbocycles. The maximum atomic E-state index is 10.6. The third kappa shape index (κ3) is 3.36. The van der Waals surface area contributed by atoms with Crippen molar-refractivity contribution in [3.8, 4) is 0 Å². The molecule has 0 spiro atoms. The smallest absolute Gasteiger partial charge is 0.110 e. The number of hydrogen-bond donors (Lipinski definition) is 0. The van der Waals surface area contributed by atoms with E-state index >= 15 is 0 Å². The lowest BCUT2D eigenvalue weighted by molar-refractivity contribution is -0.0587. The average Bonchev–Trinajstić information content (AvgIpc) is 2.03. The first-order valence-corrected chi connectivity index (χ1v) is 4.91. The van der Waals surface area contributed by atoms with Gasteiger partial charge >= 0.3 is 0 Å². The summed E-state index contributed by atoms with van der Waals surface area (Å²) in [7, 11) is 7.02. The third-order valence-corrected chi connectivity index (χ3v) is 2.44. The van der Waals surface area contributed by atoms with Crippen LogP contribution in [-0.2, 0) is 20.7 Å². The summed E-state index contributed by atoms with van der Waals surface area (Å²) >= 11 is -2.23. The van der Waals surface area contributed by atoms with Crippen LogP contribution in [0.1, 0.15) is 0 Å². The van der Waals surface area contributed by atoms with Crippen molar-refractivity contribution in [1.29, 1.82) is 0 Å². The van der Waals surface area contributed by atoms with Gasteiger partial charge in [0.05, 0.1) is 12.7 Å². The SMILES string of the molecule is [B]C1CN(S(=O)[O-])CC(COC)O1. The highest BCUT2D eigenvalue weighted by Crippen LogP contribution is 2.10. The summed E-state index contributed by atoms with van der Waals surface area (Å²) in [5.41, 5.74) is 0. The van der Waals surface area contributed by atoms with Crippen LogP contribution in [0.4, 0.5) is 0 Å². The van der Waals surface area contributed by atoms with Gasteiger partial charge in [0.25, 0.3) is 0 Å². The summed E-state index contributed by atoms with van der Waals surface area (Å²) in [5.74, 6) is 0. The van der Waals surface area contributed by atoms with E-state index in [1.807, 2.05) is 0 Å². The van der Waals surface area contributed by atoms with E-state index in [1.54, 1.807) is 0 Å². The Kier molecular flexibility index (Phi) is 4.34. The van der Waals surface area contributed by atoms with E-state index in [1.165, 1.54) is 11.4 Å². The monoisotopic (exact) mass is 204 g/mol. The highest BCUT2D eigenvalue weighted by molar-refractivity contribution is 7.76. The number of rotatable bonds is 3. The van der Waals surface area contributed by atoms with Crippen molar-refractivity contribution < 1.29 is 18.2 Å². The molecule has 0 aromatic rings. The maximum absolute atomic E-state index is 10.6. The normalized spacial score (nSPS) is 33.1. The Bertz CT molecular complexity index is 193. The molecule has 7 heteroatoms. The standard InChI is InChI=1S/C6H12BNO4S/c1-11-4-5-2-8(13(9)10)3-6(7)12-5/h5-6H,2-4H2,1H3,(H,9,10)/p-1. The van der Waals surface area contributed by atoms with Gasteiger partial charge in [-0.05, 0) is 0 Å². The molecule has 1 saturated heterocycles. The van der Waals surface area contributed by atoms with Gasteiger partial charge in [-0.25, -0.2) is 4.31 Å². The van der Waals surface area contributed by atoms with Crippen LogP contribution in [0, 0.1) is 0 Å². The molecular formula is C6H11BNO4S-. The minimum atomic E-state index is -2.23. The summed E-state index contributed by atoms with van der Waals surface area (Å²) in [6, 6.07) is -0.563. The highest BCUT2D eigenvalue weighted by atomic mass is 32.2. The molecule has 5 nitrogen and oxygen atoms in total. The summed E-state index contributed by atoms with van der Waals surface area (Å²) < 4.78 is 32.6. The quantitative estimate of drug-likeness (QED) is 0.420. The second-order valence-corrected chi connectivity index (χ2v) is 3.77. The molecule has 0 N–H and O–H groups in total. The summed E-state index contributed by atoms with van der Waals surface area (Å²) in [6.07, 6.45) is -0.272. The molecular weight excluding hydrogens is 193 g/mol. The number of hydrogen-bond acceptors (Lipinski definition) is 4. The molecule has 0 bridgehead atoms. The second kappa shape index (κ2) is 5.06. The van der Waals surface area contributed by atoms with Gasteiger partial charge in [-0.3, -0.25) is 4.21 Å². The number of ether oxygens (including phenoxy) is 2. The molecule has 0 aromatic heterocycles. The molecule has 1 fully saturated rings. The minimum Gasteiger partial charge on any atom is -0.760 e. The van der Waals surface area contributed by atoms with Crippen molar-refractivity contribution in [2.45, 2.75) is 12.1 Å². The number of morpholine rings is 1. The lowest BCUT2D eigenvalue weighted by atomic mass is 9.98. The van der Waals surface area contributed by atoms with E-state index in [0.717, 1.165) is 0 Å². The molecule has 0 aliphatic carbocycles. The van der Waals surface area contributed by atoms with Crippen molar-refractivity contribution in [2.24, 2.45) is 0 Å². The van der Waals surface area contributed by atoms with E-state index in [2.05, 4.69) is 0 Å². The largest absolute Gasteiger partial charge is 0.760 e. The Balaban J connectivity index is 2.47. The zero-order chi connectivity index (χ0) is 9.84. The van der Waals surface area contributed by atoms with Crippen molar-refractivity contribution in [1.82, 2.24) is 4.31 Å². The van der Waals surface area contributed by atoms with E-state index in [0.29, 0.717) is 13.2 Å². The van der Waals surface area contributed by atoms with Gasteiger partial charge in [0, 0.05) is 37.5 Å². The van der Waals surface area contributed by atoms with Crippen molar-refractivity contribution in [2.75, 3.05) is 26.8 Å². The number of nitrogens with zero attached hydrogens (tertiary/aromatic N) is 1. The van der Waals surface area contributed by atoms with Crippen LogP contribution < -0.4 is 0 Å². The Hall–Kier alpha value is 0.0549. The van der Waals surface area contributed by atoms with E-state index < -0.39 is 17.3 Å². The van der Waals surface area contributed by atoms with Crippen molar-refractivity contribution in [3.63, 3.8) is 0 Å². The van der Waals surface area contributed by atoms with Crippen molar-refractivity contribution in [3.05, 3.63) is 0 Å². The first-order chi connectivity index (χ1) is 6.13. The van der Waals surface area contributed by atoms with Crippen LogP contribution in [-0.4, -0.2) is 59.8 Å². The van der Waals surface area contributed by atoms with Crippen LogP contribution in [0.3, 0.4) is 0 Å². The zero-order valence-electron chi connectivity index (χ0n) is 7.34. The molecule has 1 aliphatic rings. The average molecular weight is 204 g/mol. The third-order valence-electron chi connectivity index (χ3n) is 1.72. The molecule has 3 unspecified atom stereocenters. The molecule has 1 heterocycles. The summed E-state index contributed by atoms with van der Waals surface area (Å²) in [4.78, 5) is 0. The van der Waals surface area contributed by atoms with Crippen LogP contribution in [0.5, 0.6) is 0 Å². The Morgan fingerprint density at radius 3 is 3.00 bits per heavy atom. The first-order valence-electron chi connectivity index (χ1n) is 3.87. The molecule has 1 aliphatic heterocycles. The minimum absolute atomic E-state index is 0.205. The fraction of sp³-hybridized carbons (Fsp3) is 1.00. The molecule has 13 heavy (non-hydrogen) atoms. The molecule has 74 valence electrons. The van der Waals surface area contributed by atoms with Crippen LogP contribution in [0.2, 0.25) is 0 Å². The Labute approximate surface area is 81.2 Å². The molecule has 1 rings (SSSR count). The topological polar surface area (TPSA) is 61.8 Å². The van der Waals surface area contributed by atoms with Gasteiger partial charge in [-0.1, -0.05) is 0 Å². The summed E-state index contributed by atoms with van der Waals surface area (Å²) in [6.45, 7) is 0.857.